The standard InChI is InChI=1S/C15H24N2O2/c1-14(7-3-2-6-12(14)18)11-17-13(19)15(10-16)8-4-5-9-15/h12,18H,2-9,11H2,1H3,(H,17,19)/t12-,14-/m0/s1. The molecule has 4 nitrogen and oxygen atoms in total. The summed E-state index contributed by atoms with van der Waals surface area (Å²) in [5, 5.41) is 22.3. The summed E-state index contributed by atoms with van der Waals surface area (Å²) in [6, 6.07) is 2.21. The maximum Gasteiger partial charge on any atom is 0.240 e. The largest absolute Gasteiger partial charge is 0.392 e. The van der Waals surface area contributed by atoms with Crippen molar-refractivity contribution in [2.75, 3.05) is 6.54 Å². The molecule has 0 aromatic heterocycles. The van der Waals surface area contributed by atoms with E-state index < -0.39 is 5.41 Å². The summed E-state index contributed by atoms with van der Waals surface area (Å²) in [5.74, 6) is -0.133. The maximum absolute atomic E-state index is 12.3. The number of nitriles is 1. The van der Waals surface area contributed by atoms with E-state index in [1.165, 1.54) is 0 Å². The first-order chi connectivity index (χ1) is 9.02. The molecule has 2 fully saturated rings. The van der Waals surface area contributed by atoms with Crippen molar-refractivity contribution >= 4 is 5.91 Å². The predicted octanol–water partition coefficient (Wildman–Crippen LogP) is 2.13. The van der Waals surface area contributed by atoms with Crippen molar-refractivity contribution in [2.24, 2.45) is 10.8 Å². The Hall–Kier alpha value is -1.08. The normalized spacial score (nSPS) is 33.6. The third-order valence-corrected chi connectivity index (χ3v) is 5.04. The van der Waals surface area contributed by atoms with Crippen LogP contribution in [0.1, 0.15) is 58.3 Å². The molecule has 0 heterocycles. The highest BCUT2D eigenvalue weighted by Gasteiger charge is 2.43. The molecule has 0 aliphatic heterocycles. The van der Waals surface area contributed by atoms with Gasteiger partial charge in [-0.25, -0.2) is 0 Å². The number of hydrogen-bond donors (Lipinski definition) is 2. The molecule has 0 spiro atoms. The van der Waals surface area contributed by atoms with Crippen molar-refractivity contribution < 1.29 is 9.90 Å². The molecule has 106 valence electrons. The molecule has 4 heteroatoms. The number of hydrogen-bond acceptors (Lipinski definition) is 3. The number of aliphatic hydroxyl groups excluding tert-OH is 1. The number of amides is 1. The number of nitrogens with zero attached hydrogens (tertiary/aromatic N) is 1. The summed E-state index contributed by atoms with van der Waals surface area (Å²) in [7, 11) is 0. The van der Waals surface area contributed by atoms with Crippen LogP contribution in [0.3, 0.4) is 0 Å². The zero-order chi connectivity index (χ0) is 13.9. The van der Waals surface area contributed by atoms with E-state index in [2.05, 4.69) is 11.4 Å². The molecule has 0 aromatic rings. The van der Waals surface area contributed by atoms with Gasteiger partial charge in [0.1, 0.15) is 5.41 Å². The van der Waals surface area contributed by atoms with Gasteiger partial charge in [0, 0.05) is 12.0 Å². The molecular formula is C15H24N2O2. The fraction of sp³-hybridized carbons (Fsp3) is 0.867. The molecule has 19 heavy (non-hydrogen) atoms. The lowest BCUT2D eigenvalue weighted by atomic mass is 9.73. The van der Waals surface area contributed by atoms with E-state index in [9.17, 15) is 15.2 Å². The Morgan fingerprint density at radius 1 is 1.32 bits per heavy atom. The van der Waals surface area contributed by atoms with E-state index in [-0.39, 0.29) is 17.4 Å². The van der Waals surface area contributed by atoms with Crippen LogP contribution in [0.15, 0.2) is 0 Å². The minimum absolute atomic E-state index is 0.133. The van der Waals surface area contributed by atoms with Gasteiger partial charge in [-0.15, -0.1) is 0 Å². The van der Waals surface area contributed by atoms with E-state index in [4.69, 9.17) is 0 Å². The van der Waals surface area contributed by atoms with Crippen molar-refractivity contribution in [1.82, 2.24) is 5.32 Å². The molecule has 2 atom stereocenters. The number of rotatable bonds is 3. The van der Waals surface area contributed by atoms with Gasteiger partial charge in [-0.2, -0.15) is 5.26 Å². The number of carbonyl (C=O) groups is 1. The molecule has 0 saturated heterocycles. The van der Waals surface area contributed by atoms with Gasteiger partial charge in [-0.05, 0) is 25.7 Å². The van der Waals surface area contributed by atoms with Gasteiger partial charge in [0.15, 0.2) is 0 Å². The minimum atomic E-state index is -0.810. The van der Waals surface area contributed by atoms with Crippen LogP contribution >= 0.6 is 0 Å². The molecule has 2 saturated carbocycles. The highest BCUT2D eigenvalue weighted by atomic mass is 16.3. The Bertz CT molecular complexity index is 382. The first-order valence-electron chi connectivity index (χ1n) is 7.40. The van der Waals surface area contributed by atoms with E-state index in [0.717, 1.165) is 38.5 Å². The molecule has 2 N–H and O–H groups in total. The van der Waals surface area contributed by atoms with Crippen LogP contribution in [0.4, 0.5) is 0 Å². The lowest BCUT2D eigenvalue weighted by molar-refractivity contribution is -0.129. The van der Waals surface area contributed by atoms with Crippen LogP contribution in [0, 0.1) is 22.2 Å². The van der Waals surface area contributed by atoms with Gasteiger partial charge in [-0.1, -0.05) is 32.6 Å². The minimum Gasteiger partial charge on any atom is -0.392 e. The van der Waals surface area contributed by atoms with E-state index in [1.807, 2.05) is 6.92 Å². The first kappa shape index (κ1) is 14.3. The zero-order valence-electron chi connectivity index (χ0n) is 11.7. The average molecular weight is 264 g/mol. The molecule has 1 amide bonds. The summed E-state index contributed by atoms with van der Waals surface area (Å²) in [5.41, 5.74) is -1.04. The summed E-state index contributed by atoms with van der Waals surface area (Å²) in [4.78, 5) is 12.3. The van der Waals surface area contributed by atoms with Crippen LogP contribution in [0.2, 0.25) is 0 Å². The summed E-state index contributed by atoms with van der Waals surface area (Å²) in [6.45, 7) is 2.52. The fourth-order valence-corrected chi connectivity index (χ4v) is 3.41. The Labute approximate surface area is 115 Å². The van der Waals surface area contributed by atoms with Gasteiger partial charge in [0.05, 0.1) is 12.2 Å². The predicted molar refractivity (Wildman–Crippen MR) is 72.1 cm³/mol. The molecule has 2 aliphatic carbocycles. The summed E-state index contributed by atoms with van der Waals surface area (Å²) >= 11 is 0. The van der Waals surface area contributed by atoms with Crippen LogP contribution < -0.4 is 5.32 Å². The smallest absolute Gasteiger partial charge is 0.240 e. The van der Waals surface area contributed by atoms with Crippen LogP contribution in [0.5, 0.6) is 0 Å². The lowest BCUT2D eigenvalue weighted by Gasteiger charge is -2.39. The van der Waals surface area contributed by atoms with Crippen LogP contribution in [-0.4, -0.2) is 23.7 Å². The van der Waals surface area contributed by atoms with Crippen molar-refractivity contribution in [3.8, 4) is 6.07 Å². The second-order valence-corrected chi connectivity index (χ2v) is 6.50. The van der Waals surface area contributed by atoms with Crippen molar-refractivity contribution in [3.63, 3.8) is 0 Å². The second kappa shape index (κ2) is 5.50. The third kappa shape index (κ3) is 2.76. The van der Waals surface area contributed by atoms with Gasteiger partial charge < -0.3 is 10.4 Å². The van der Waals surface area contributed by atoms with E-state index in [0.29, 0.717) is 19.4 Å². The summed E-state index contributed by atoms with van der Waals surface area (Å²) < 4.78 is 0. The molecule has 2 rings (SSSR count). The Morgan fingerprint density at radius 2 is 1.95 bits per heavy atom. The Balaban J connectivity index is 1.94. The van der Waals surface area contributed by atoms with Gasteiger partial charge in [-0.3, -0.25) is 4.79 Å². The SMILES string of the molecule is C[C@@]1(CNC(=O)C2(C#N)CCCC2)CCCC[C@@H]1O. The summed E-state index contributed by atoms with van der Waals surface area (Å²) in [6.07, 6.45) is 6.84. The van der Waals surface area contributed by atoms with Gasteiger partial charge in [0.2, 0.25) is 5.91 Å². The van der Waals surface area contributed by atoms with Crippen molar-refractivity contribution in [3.05, 3.63) is 0 Å². The molecule has 0 radical (unpaired) electrons. The van der Waals surface area contributed by atoms with Crippen LogP contribution in [-0.2, 0) is 4.79 Å². The number of aliphatic hydroxyl groups is 1. The highest BCUT2D eigenvalue weighted by Crippen LogP contribution is 2.39. The molecule has 0 bridgehead atoms. The van der Waals surface area contributed by atoms with Crippen molar-refractivity contribution in [2.45, 2.75) is 64.4 Å². The van der Waals surface area contributed by atoms with E-state index in [1.54, 1.807) is 0 Å². The Morgan fingerprint density at radius 3 is 2.53 bits per heavy atom. The van der Waals surface area contributed by atoms with Gasteiger partial charge >= 0.3 is 0 Å². The Kier molecular flexibility index (Phi) is 4.15. The van der Waals surface area contributed by atoms with Gasteiger partial charge in [0.25, 0.3) is 0 Å². The highest BCUT2D eigenvalue weighted by molar-refractivity contribution is 5.85. The third-order valence-electron chi connectivity index (χ3n) is 5.04. The quantitative estimate of drug-likeness (QED) is 0.820. The topological polar surface area (TPSA) is 73.1 Å². The first-order valence-corrected chi connectivity index (χ1v) is 7.40. The molecule has 2 aliphatic rings. The maximum atomic E-state index is 12.3. The number of nitrogens with one attached hydrogen (secondary N) is 1. The van der Waals surface area contributed by atoms with Crippen molar-refractivity contribution in [1.29, 1.82) is 5.26 Å². The molecular weight excluding hydrogens is 240 g/mol. The monoisotopic (exact) mass is 264 g/mol. The zero-order valence-corrected chi connectivity index (χ0v) is 11.7. The fourth-order valence-electron chi connectivity index (χ4n) is 3.41. The number of carbonyl (C=O) groups excluding carboxylic acids is 1. The second-order valence-electron chi connectivity index (χ2n) is 6.50. The lowest BCUT2D eigenvalue weighted by Crippen LogP contribution is -2.48. The van der Waals surface area contributed by atoms with Crippen LogP contribution in [0.25, 0.3) is 0 Å². The molecule has 0 aromatic carbocycles. The average Bonchev–Trinajstić information content (AvgIpc) is 2.90. The molecule has 0 unspecified atom stereocenters. The van der Waals surface area contributed by atoms with E-state index >= 15 is 0 Å².